The van der Waals surface area contributed by atoms with Gasteiger partial charge in [0.25, 0.3) is 0 Å². The Hall–Kier alpha value is -1.82. The summed E-state index contributed by atoms with van der Waals surface area (Å²) in [5.74, 6) is 0. The molecule has 0 fully saturated rings. The van der Waals surface area contributed by atoms with Crippen LogP contribution in [-0.2, 0) is 0 Å². The van der Waals surface area contributed by atoms with Gasteiger partial charge in [-0.3, -0.25) is 0 Å². The topological polar surface area (TPSA) is 0 Å². The summed E-state index contributed by atoms with van der Waals surface area (Å²) in [6.45, 7) is 20.4. The van der Waals surface area contributed by atoms with Gasteiger partial charge in [-0.15, -0.1) is 0 Å². The number of hydrogen-bond acceptors (Lipinski definition) is 0. The lowest BCUT2D eigenvalue weighted by Gasteiger charge is -2.05. The van der Waals surface area contributed by atoms with Gasteiger partial charge >= 0.3 is 0 Å². The van der Waals surface area contributed by atoms with Crippen molar-refractivity contribution in [2.45, 2.75) is 55.4 Å². The molecule has 0 saturated carbocycles. The average molecular weight is 299 g/mol. The van der Waals surface area contributed by atoms with Crippen LogP contribution in [0.2, 0.25) is 0 Å². The second-order valence-corrected chi connectivity index (χ2v) is 4.87. The van der Waals surface area contributed by atoms with Crippen molar-refractivity contribution in [2.24, 2.45) is 0 Å². The van der Waals surface area contributed by atoms with Crippen LogP contribution < -0.4 is 10.4 Å². The van der Waals surface area contributed by atoms with Crippen molar-refractivity contribution >= 4 is 22.9 Å². The molecular weight excluding hydrogens is 264 g/mol. The highest BCUT2D eigenvalue weighted by atomic mass is 14.0. The number of allylic oxidation sites excluding steroid dienone is 1. The first-order valence-electron chi connectivity index (χ1n) is 7.87. The summed E-state index contributed by atoms with van der Waals surface area (Å²) in [5.41, 5.74) is 2.48. The second-order valence-electron chi connectivity index (χ2n) is 4.87. The van der Waals surface area contributed by atoms with E-state index in [0.717, 1.165) is 5.22 Å². The van der Waals surface area contributed by atoms with E-state index in [0.29, 0.717) is 0 Å². The van der Waals surface area contributed by atoms with E-state index in [1.165, 1.54) is 33.5 Å². The van der Waals surface area contributed by atoms with Crippen LogP contribution in [0.5, 0.6) is 0 Å². The van der Waals surface area contributed by atoms with Gasteiger partial charge in [0.05, 0.1) is 0 Å². The summed E-state index contributed by atoms with van der Waals surface area (Å²) in [7, 11) is 0. The first-order valence-corrected chi connectivity index (χ1v) is 7.87. The van der Waals surface area contributed by atoms with E-state index in [-0.39, 0.29) is 7.43 Å². The van der Waals surface area contributed by atoms with Crippen LogP contribution in [0, 0.1) is 6.92 Å². The summed E-state index contributed by atoms with van der Waals surface area (Å²) in [5, 5.41) is 4.86. The minimum atomic E-state index is 0. The molecule has 0 bridgehead atoms. The van der Waals surface area contributed by atoms with E-state index in [1.54, 1.807) is 0 Å². The summed E-state index contributed by atoms with van der Waals surface area (Å²) >= 11 is 0. The molecule has 0 saturated heterocycles. The number of fused-ring (bicyclic) bond motifs is 1. The molecule has 22 heavy (non-hydrogen) atoms. The third-order valence-corrected chi connectivity index (χ3v) is 3.04. The van der Waals surface area contributed by atoms with Crippen LogP contribution in [0.15, 0.2) is 43.0 Å². The number of hydrogen-bond donors (Lipinski definition) is 0. The molecule has 0 aliphatic carbocycles. The van der Waals surface area contributed by atoms with Crippen molar-refractivity contribution in [2.75, 3.05) is 0 Å². The quantitative estimate of drug-likeness (QED) is 0.606. The lowest BCUT2D eigenvalue weighted by molar-refractivity contribution is 1.09. The standard InChI is InChI=1S/C16H16.C3H8.C2H6.CH4/c1-5-11(2)15-13(4)9-10-14-8-6-7-12(3)16(14)15;1-3-2;1-2;/h5-10H,1,4H2,2-3H3;3H2,1-2H3;1-2H3;1H4/b15-11+;;;. The molecule has 122 valence electrons. The van der Waals surface area contributed by atoms with E-state index in [1.807, 2.05) is 19.9 Å². The third kappa shape index (κ3) is 5.52. The molecule has 0 unspecified atom stereocenters. The van der Waals surface area contributed by atoms with Gasteiger partial charge < -0.3 is 0 Å². The molecule has 0 aliphatic heterocycles. The maximum absolute atomic E-state index is 4.11. The van der Waals surface area contributed by atoms with E-state index >= 15 is 0 Å². The van der Waals surface area contributed by atoms with E-state index in [9.17, 15) is 0 Å². The monoisotopic (exact) mass is 298 g/mol. The molecule has 0 aromatic heterocycles. The van der Waals surface area contributed by atoms with Crippen LogP contribution in [0.25, 0.3) is 22.9 Å². The summed E-state index contributed by atoms with van der Waals surface area (Å²) in [6, 6.07) is 10.6. The molecule has 0 amide bonds. The minimum Gasteiger partial charge on any atom is -0.0988 e. The SMILES string of the molecule is C.C=C/C(C)=c1\c(=C)ccc2cccc(C)c12.CC.CCC. The largest absolute Gasteiger partial charge is 0.0988 e. The van der Waals surface area contributed by atoms with Gasteiger partial charge in [-0.2, -0.15) is 0 Å². The molecule has 2 rings (SSSR count). The third-order valence-electron chi connectivity index (χ3n) is 3.04. The molecule has 0 aliphatic rings. The molecule has 0 heteroatoms. The molecule has 0 spiro atoms. The van der Waals surface area contributed by atoms with Gasteiger partial charge in [-0.05, 0) is 46.2 Å². The van der Waals surface area contributed by atoms with Gasteiger partial charge in [0, 0.05) is 0 Å². The van der Waals surface area contributed by atoms with E-state index < -0.39 is 0 Å². The average Bonchev–Trinajstić information content (AvgIpc) is 2.50. The maximum Gasteiger partial charge on any atom is -0.00737 e. The highest BCUT2D eigenvalue weighted by Crippen LogP contribution is 2.13. The van der Waals surface area contributed by atoms with Crippen LogP contribution >= 0.6 is 0 Å². The maximum atomic E-state index is 4.11. The van der Waals surface area contributed by atoms with Crippen LogP contribution in [-0.4, -0.2) is 0 Å². The molecule has 2 aromatic carbocycles. The molecule has 2 aromatic rings. The van der Waals surface area contributed by atoms with Crippen LogP contribution in [0.3, 0.4) is 0 Å². The van der Waals surface area contributed by atoms with Gasteiger partial charge in [0.15, 0.2) is 0 Å². The first-order chi connectivity index (χ1) is 10.1. The van der Waals surface area contributed by atoms with Crippen molar-refractivity contribution in [1.82, 2.24) is 0 Å². The minimum absolute atomic E-state index is 0. The molecule has 0 N–H and O–H groups in total. The van der Waals surface area contributed by atoms with Gasteiger partial charge in [0.2, 0.25) is 0 Å². The molecule has 0 heterocycles. The fraction of sp³-hybridized carbons (Fsp3) is 0.364. The Kier molecular flexibility index (Phi) is 12.0. The van der Waals surface area contributed by atoms with Crippen molar-refractivity contribution in [3.05, 3.63) is 59.0 Å². The molecule has 0 atom stereocenters. The highest BCUT2D eigenvalue weighted by molar-refractivity contribution is 5.88. The summed E-state index contributed by atoms with van der Waals surface area (Å²) in [4.78, 5) is 0. The van der Waals surface area contributed by atoms with E-state index in [4.69, 9.17) is 0 Å². The summed E-state index contributed by atoms with van der Waals surface area (Å²) < 4.78 is 0. The second kappa shape index (κ2) is 11.8. The summed E-state index contributed by atoms with van der Waals surface area (Å²) in [6.07, 6.45) is 3.15. The van der Waals surface area contributed by atoms with Crippen molar-refractivity contribution in [3.63, 3.8) is 0 Å². The van der Waals surface area contributed by atoms with Gasteiger partial charge in [-0.25, -0.2) is 0 Å². The lowest BCUT2D eigenvalue weighted by Crippen LogP contribution is -2.26. The van der Waals surface area contributed by atoms with Crippen molar-refractivity contribution in [3.8, 4) is 0 Å². The lowest BCUT2D eigenvalue weighted by atomic mass is 9.99. The number of aryl methyl sites for hydroxylation is 1. The smallest absolute Gasteiger partial charge is 0.00737 e. The number of benzene rings is 2. The zero-order valence-electron chi connectivity index (χ0n) is 14.6. The van der Waals surface area contributed by atoms with Crippen LogP contribution in [0.4, 0.5) is 0 Å². The normalized spacial score (nSPS) is 10.3. The Labute approximate surface area is 137 Å². The molecule has 0 radical (unpaired) electrons. The van der Waals surface area contributed by atoms with Crippen LogP contribution in [0.1, 0.15) is 54.0 Å². The first kappa shape index (κ1) is 22.5. The Morgan fingerprint density at radius 1 is 1.09 bits per heavy atom. The fourth-order valence-corrected chi connectivity index (χ4v) is 2.16. The Morgan fingerprint density at radius 3 is 2.14 bits per heavy atom. The Bertz CT molecular complexity index is 675. The Balaban J connectivity index is 0. The zero-order chi connectivity index (χ0) is 16.4. The number of rotatable bonds is 1. The molecular formula is C22H34. The van der Waals surface area contributed by atoms with Gasteiger partial charge in [-0.1, -0.05) is 91.1 Å². The zero-order valence-corrected chi connectivity index (χ0v) is 14.6. The van der Waals surface area contributed by atoms with E-state index in [2.05, 4.69) is 71.2 Å². The van der Waals surface area contributed by atoms with Crippen molar-refractivity contribution in [1.29, 1.82) is 0 Å². The predicted octanol–water partition coefficient (Wildman–Crippen LogP) is 5.99. The van der Waals surface area contributed by atoms with Crippen molar-refractivity contribution < 1.29 is 0 Å². The highest BCUT2D eigenvalue weighted by Gasteiger charge is 2.00. The fourth-order valence-electron chi connectivity index (χ4n) is 2.16. The molecule has 0 nitrogen and oxygen atoms in total. The predicted molar refractivity (Wildman–Crippen MR) is 107 cm³/mol. The van der Waals surface area contributed by atoms with Gasteiger partial charge in [0.1, 0.15) is 0 Å². The Morgan fingerprint density at radius 2 is 1.64 bits per heavy atom.